The van der Waals surface area contributed by atoms with Gasteiger partial charge in [-0.1, -0.05) is 24.3 Å². The maximum Gasteiger partial charge on any atom is 0.419 e. The molecule has 1 N–H and O–H groups in total. The molecule has 28 heavy (non-hydrogen) atoms. The summed E-state index contributed by atoms with van der Waals surface area (Å²) in [6, 6.07) is 14.9. The largest absolute Gasteiger partial charge is 0.419 e. The first kappa shape index (κ1) is 18.2. The highest BCUT2D eigenvalue weighted by molar-refractivity contribution is 7.09. The third-order valence-electron chi connectivity index (χ3n) is 4.44. The highest BCUT2D eigenvalue weighted by Crippen LogP contribution is 2.23. The predicted octanol–water partition coefficient (Wildman–Crippen LogP) is 4.45. The number of carbonyl (C=O) groups excluding carboxylic acids is 1. The number of anilines is 1. The molecule has 0 aliphatic rings. The van der Waals surface area contributed by atoms with Crippen molar-refractivity contribution in [1.29, 1.82) is 0 Å². The number of amides is 1. The maximum absolute atomic E-state index is 12.2. The summed E-state index contributed by atoms with van der Waals surface area (Å²) in [6.45, 7) is 2.41. The molecule has 0 bridgehead atoms. The van der Waals surface area contributed by atoms with Crippen LogP contribution in [0.2, 0.25) is 0 Å². The molecule has 0 radical (unpaired) electrons. The van der Waals surface area contributed by atoms with Crippen molar-refractivity contribution in [2.24, 2.45) is 0 Å². The van der Waals surface area contributed by atoms with Crippen molar-refractivity contribution in [3.63, 3.8) is 0 Å². The summed E-state index contributed by atoms with van der Waals surface area (Å²) in [7, 11) is 0. The molecule has 2 aromatic heterocycles. The van der Waals surface area contributed by atoms with Gasteiger partial charge in [0.15, 0.2) is 5.58 Å². The zero-order valence-corrected chi connectivity index (χ0v) is 16.2. The Morgan fingerprint density at radius 1 is 1.18 bits per heavy atom. The van der Waals surface area contributed by atoms with E-state index in [2.05, 4.69) is 10.3 Å². The van der Waals surface area contributed by atoms with E-state index in [9.17, 15) is 9.59 Å². The van der Waals surface area contributed by atoms with E-state index in [0.717, 1.165) is 27.5 Å². The van der Waals surface area contributed by atoms with Gasteiger partial charge in [0, 0.05) is 29.6 Å². The lowest BCUT2D eigenvalue weighted by Crippen LogP contribution is -2.17. The normalized spacial score (nSPS) is 11.0. The first-order chi connectivity index (χ1) is 13.6. The van der Waals surface area contributed by atoms with Crippen molar-refractivity contribution in [2.45, 2.75) is 26.3 Å². The minimum atomic E-state index is -0.394. The van der Waals surface area contributed by atoms with Crippen LogP contribution in [0, 0.1) is 6.92 Å². The van der Waals surface area contributed by atoms with Crippen LogP contribution >= 0.6 is 11.3 Å². The number of rotatable bonds is 6. The van der Waals surface area contributed by atoms with E-state index < -0.39 is 5.76 Å². The summed E-state index contributed by atoms with van der Waals surface area (Å²) in [5, 5.41) is 5.93. The van der Waals surface area contributed by atoms with E-state index in [1.54, 1.807) is 22.0 Å². The molecule has 0 saturated carbocycles. The fourth-order valence-corrected chi connectivity index (χ4v) is 3.69. The zero-order chi connectivity index (χ0) is 19.5. The predicted molar refractivity (Wildman–Crippen MR) is 111 cm³/mol. The summed E-state index contributed by atoms with van der Waals surface area (Å²) >= 11 is 1.61. The van der Waals surface area contributed by atoms with Crippen LogP contribution in [-0.2, 0) is 11.3 Å². The number of aryl methyl sites for hydroxylation is 2. The van der Waals surface area contributed by atoms with Crippen molar-refractivity contribution < 1.29 is 9.21 Å². The highest BCUT2D eigenvalue weighted by atomic mass is 32.1. The van der Waals surface area contributed by atoms with Crippen LogP contribution in [0.3, 0.4) is 0 Å². The van der Waals surface area contributed by atoms with Crippen molar-refractivity contribution >= 4 is 34.0 Å². The molecule has 0 unspecified atom stereocenters. The second kappa shape index (κ2) is 7.82. The first-order valence-electron chi connectivity index (χ1n) is 9.01. The van der Waals surface area contributed by atoms with Gasteiger partial charge in [-0.25, -0.2) is 9.78 Å². The summed E-state index contributed by atoms with van der Waals surface area (Å²) in [5.41, 5.74) is 4.02. The number of thiazole rings is 1. The summed E-state index contributed by atoms with van der Waals surface area (Å²) in [5.74, 6) is -0.479. The minimum Gasteiger partial charge on any atom is -0.408 e. The van der Waals surface area contributed by atoms with Crippen LogP contribution < -0.4 is 11.1 Å². The van der Waals surface area contributed by atoms with E-state index in [1.807, 2.05) is 54.8 Å². The molecule has 0 spiro atoms. The van der Waals surface area contributed by atoms with E-state index in [4.69, 9.17) is 4.42 Å². The maximum atomic E-state index is 12.2. The Labute approximate surface area is 165 Å². The average Bonchev–Trinajstić information content (AvgIpc) is 3.26. The van der Waals surface area contributed by atoms with Crippen molar-refractivity contribution in [3.05, 3.63) is 69.5 Å². The van der Waals surface area contributed by atoms with Gasteiger partial charge in [-0.15, -0.1) is 11.3 Å². The number of para-hydroxylation sites is 2. The van der Waals surface area contributed by atoms with Gasteiger partial charge in [0.1, 0.15) is 0 Å². The fraction of sp³-hybridized carbons (Fsp3) is 0.190. The lowest BCUT2D eigenvalue weighted by molar-refractivity contribution is -0.116. The molecule has 4 rings (SSSR count). The van der Waals surface area contributed by atoms with Gasteiger partial charge >= 0.3 is 5.76 Å². The average molecular weight is 393 g/mol. The van der Waals surface area contributed by atoms with Crippen LogP contribution in [0.4, 0.5) is 5.69 Å². The Bertz CT molecular complexity index is 1170. The van der Waals surface area contributed by atoms with Crippen LogP contribution in [0.1, 0.15) is 17.8 Å². The number of nitrogens with one attached hydrogen (secondary N) is 1. The number of hydrogen-bond donors (Lipinski definition) is 1. The second-order valence-corrected chi connectivity index (χ2v) is 7.53. The number of benzene rings is 2. The zero-order valence-electron chi connectivity index (χ0n) is 15.3. The smallest absolute Gasteiger partial charge is 0.408 e. The van der Waals surface area contributed by atoms with Crippen molar-refractivity contribution in [1.82, 2.24) is 9.55 Å². The molecule has 0 aliphatic heterocycles. The van der Waals surface area contributed by atoms with E-state index in [1.165, 1.54) is 0 Å². The number of aromatic nitrogens is 2. The summed E-state index contributed by atoms with van der Waals surface area (Å²) in [4.78, 5) is 28.6. The van der Waals surface area contributed by atoms with Gasteiger partial charge in [-0.2, -0.15) is 0 Å². The van der Waals surface area contributed by atoms with Gasteiger partial charge in [0.25, 0.3) is 0 Å². The van der Waals surface area contributed by atoms with Gasteiger partial charge < -0.3 is 9.73 Å². The Kier molecular flexibility index (Phi) is 5.08. The lowest BCUT2D eigenvalue weighted by atomic mass is 10.1. The third kappa shape index (κ3) is 3.89. The van der Waals surface area contributed by atoms with Gasteiger partial charge in [0.05, 0.1) is 16.2 Å². The summed E-state index contributed by atoms with van der Waals surface area (Å²) < 4.78 is 6.77. The van der Waals surface area contributed by atoms with Crippen LogP contribution in [0.15, 0.2) is 63.1 Å². The molecular formula is C21H19N3O3S. The molecule has 4 aromatic rings. The van der Waals surface area contributed by atoms with Crippen molar-refractivity contribution in [2.75, 3.05) is 5.32 Å². The fourth-order valence-electron chi connectivity index (χ4n) is 3.07. The van der Waals surface area contributed by atoms with Gasteiger partial charge in [-0.05, 0) is 37.6 Å². The Hall–Kier alpha value is -3.19. The molecular weight excluding hydrogens is 374 g/mol. The number of nitrogens with zero attached hydrogens (tertiary/aromatic N) is 2. The SMILES string of the molecule is Cc1nc(-c2ccc(NC(=O)CCCn3c(=O)oc4ccccc43)cc2)cs1. The van der Waals surface area contributed by atoms with E-state index in [0.29, 0.717) is 25.0 Å². The number of fused-ring (bicyclic) bond motifs is 1. The van der Waals surface area contributed by atoms with Crippen LogP contribution in [0.25, 0.3) is 22.4 Å². The molecule has 1 amide bonds. The lowest BCUT2D eigenvalue weighted by Gasteiger charge is -2.06. The number of carbonyl (C=O) groups is 1. The van der Waals surface area contributed by atoms with Crippen LogP contribution in [0.5, 0.6) is 0 Å². The molecule has 0 fully saturated rings. The Morgan fingerprint density at radius 2 is 1.96 bits per heavy atom. The van der Waals surface area contributed by atoms with E-state index in [-0.39, 0.29) is 5.91 Å². The molecule has 6 nitrogen and oxygen atoms in total. The topological polar surface area (TPSA) is 77.1 Å². The summed E-state index contributed by atoms with van der Waals surface area (Å²) in [6.07, 6.45) is 0.866. The molecule has 0 atom stereocenters. The number of oxazole rings is 1. The third-order valence-corrected chi connectivity index (χ3v) is 5.22. The van der Waals surface area contributed by atoms with Gasteiger partial charge in [0.2, 0.25) is 5.91 Å². The standard InChI is InChI=1S/C21H19N3O3S/c1-14-22-17(13-28-14)15-8-10-16(11-9-15)23-20(25)7-4-12-24-18-5-2-3-6-19(18)27-21(24)26/h2-3,5-6,8-11,13H,4,7,12H2,1H3,(H,23,25). The van der Waals surface area contributed by atoms with Gasteiger partial charge in [-0.3, -0.25) is 9.36 Å². The Morgan fingerprint density at radius 3 is 2.71 bits per heavy atom. The quantitative estimate of drug-likeness (QED) is 0.525. The monoisotopic (exact) mass is 393 g/mol. The minimum absolute atomic E-state index is 0.0851. The van der Waals surface area contributed by atoms with Crippen LogP contribution in [-0.4, -0.2) is 15.5 Å². The molecule has 142 valence electrons. The molecule has 2 aromatic carbocycles. The first-order valence-corrected chi connectivity index (χ1v) is 9.89. The molecule has 0 aliphatic carbocycles. The molecule has 7 heteroatoms. The highest BCUT2D eigenvalue weighted by Gasteiger charge is 2.09. The Balaban J connectivity index is 1.33. The van der Waals surface area contributed by atoms with Crippen molar-refractivity contribution in [3.8, 4) is 11.3 Å². The van der Waals surface area contributed by atoms with E-state index >= 15 is 0 Å². The molecule has 2 heterocycles. The molecule has 0 saturated heterocycles. The number of hydrogen-bond acceptors (Lipinski definition) is 5. The second-order valence-electron chi connectivity index (χ2n) is 6.47.